The number of piperazine rings is 1. The van der Waals surface area contributed by atoms with Gasteiger partial charge in [-0.25, -0.2) is 0 Å². The number of amides is 1. The van der Waals surface area contributed by atoms with E-state index < -0.39 is 0 Å². The highest BCUT2D eigenvalue weighted by atomic mass is 16.2. The van der Waals surface area contributed by atoms with Gasteiger partial charge in [-0.15, -0.1) is 0 Å². The minimum absolute atomic E-state index is 0.171. The van der Waals surface area contributed by atoms with Gasteiger partial charge in [0, 0.05) is 46.3 Å². The van der Waals surface area contributed by atoms with Gasteiger partial charge >= 0.3 is 0 Å². The standard InChI is InChI=1S/C10H22N4O/c1-12-5-7-14(8-6-12)9-10(15)13(2)4-3-11/h3-9,11H2,1-2H3. The second kappa shape index (κ2) is 6.05. The Bertz CT molecular complexity index is 202. The Labute approximate surface area is 91.8 Å². The quantitative estimate of drug-likeness (QED) is 0.629. The number of nitrogens with zero attached hydrogens (tertiary/aromatic N) is 3. The highest BCUT2D eigenvalue weighted by Crippen LogP contribution is 1.99. The molecule has 0 unspecified atom stereocenters. The predicted octanol–water partition coefficient (Wildman–Crippen LogP) is -1.35. The van der Waals surface area contributed by atoms with Crippen LogP contribution < -0.4 is 5.73 Å². The maximum atomic E-state index is 11.7. The predicted molar refractivity (Wildman–Crippen MR) is 60.6 cm³/mol. The molecule has 0 saturated carbocycles. The SMILES string of the molecule is CN1CCN(CC(=O)N(C)CCN)CC1. The largest absolute Gasteiger partial charge is 0.343 e. The summed E-state index contributed by atoms with van der Waals surface area (Å²) in [4.78, 5) is 17.9. The highest BCUT2D eigenvalue weighted by molar-refractivity contribution is 5.78. The van der Waals surface area contributed by atoms with E-state index in [-0.39, 0.29) is 5.91 Å². The van der Waals surface area contributed by atoms with E-state index in [0.717, 1.165) is 26.2 Å². The summed E-state index contributed by atoms with van der Waals surface area (Å²) in [5.41, 5.74) is 5.40. The zero-order chi connectivity index (χ0) is 11.3. The van der Waals surface area contributed by atoms with E-state index in [4.69, 9.17) is 5.73 Å². The smallest absolute Gasteiger partial charge is 0.236 e. The van der Waals surface area contributed by atoms with E-state index in [1.54, 1.807) is 4.90 Å². The van der Waals surface area contributed by atoms with Gasteiger partial charge in [-0.1, -0.05) is 0 Å². The molecule has 1 aliphatic heterocycles. The number of carbonyl (C=O) groups excluding carboxylic acids is 1. The molecular formula is C10H22N4O. The summed E-state index contributed by atoms with van der Waals surface area (Å²) < 4.78 is 0. The molecule has 5 nitrogen and oxygen atoms in total. The van der Waals surface area contributed by atoms with Crippen molar-refractivity contribution in [2.75, 3.05) is 59.9 Å². The number of likely N-dealkylation sites (N-methyl/N-ethyl adjacent to an activating group) is 2. The first-order valence-corrected chi connectivity index (χ1v) is 5.48. The fourth-order valence-corrected chi connectivity index (χ4v) is 1.64. The maximum Gasteiger partial charge on any atom is 0.236 e. The van der Waals surface area contributed by atoms with Gasteiger partial charge in [0.05, 0.1) is 6.54 Å². The fourth-order valence-electron chi connectivity index (χ4n) is 1.64. The molecule has 1 fully saturated rings. The summed E-state index contributed by atoms with van der Waals surface area (Å²) in [6.07, 6.45) is 0. The van der Waals surface area contributed by atoms with Crippen molar-refractivity contribution in [1.82, 2.24) is 14.7 Å². The molecule has 0 aliphatic carbocycles. The molecule has 0 bridgehead atoms. The van der Waals surface area contributed by atoms with Gasteiger partial charge in [0.25, 0.3) is 0 Å². The molecule has 15 heavy (non-hydrogen) atoms. The van der Waals surface area contributed by atoms with E-state index in [1.165, 1.54) is 0 Å². The molecule has 0 aromatic carbocycles. The summed E-state index contributed by atoms with van der Waals surface area (Å²) in [7, 11) is 3.92. The van der Waals surface area contributed by atoms with Crippen molar-refractivity contribution in [3.05, 3.63) is 0 Å². The zero-order valence-electron chi connectivity index (χ0n) is 9.78. The lowest BCUT2D eigenvalue weighted by molar-refractivity contribution is -0.131. The average molecular weight is 214 g/mol. The first-order valence-electron chi connectivity index (χ1n) is 5.48. The van der Waals surface area contributed by atoms with Crippen LogP contribution in [0.1, 0.15) is 0 Å². The van der Waals surface area contributed by atoms with Gasteiger partial charge in [0.2, 0.25) is 5.91 Å². The van der Waals surface area contributed by atoms with Gasteiger partial charge in [-0.05, 0) is 7.05 Å². The topological polar surface area (TPSA) is 52.8 Å². The second-order valence-electron chi connectivity index (χ2n) is 4.18. The van der Waals surface area contributed by atoms with Crippen LogP contribution in [0.25, 0.3) is 0 Å². The Hall–Kier alpha value is -0.650. The molecule has 1 amide bonds. The summed E-state index contributed by atoms with van der Waals surface area (Å²) >= 11 is 0. The number of carbonyl (C=O) groups is 1. The first-order chi connectivity index (χ1) is 7.13. The van der Waals surface area contributed by atoms with Crippen LogP contribution in [0.2, 0.25) is 0 Å². The molecule has 1 aliphatic rings. The van der Waals surface area contributed by atoms with Crippen molar-refractivity contribution in [2.45, 2.75) is 0 Å². The summed E-state index contributed by atoms with van der Waals surface area (Å²) in [6.45, 7) is 5.78. The van der Waals surface area contributed by atoms with E-state index in [0.29, 0.717) is 19.6 Å². The monoisotopic (exact) mass is 214 g/mol. The number of nitrogens with two attached hydrogens (primary N) is 1. The van der Waals surface area contributed by atoms with E-state index >= 15 is 0 Å². The molecule has 1 heterocycles. The molecule has 0 aromatic rings. The third-order valence-electron chi connectivity index (χ3n) is 2.85. The number of rotatable bonds is 4. The van der Waals surface area contributed by atoms with Crippen LogP contribution in [0.5, 0.6) is 0 Å². The third kappa shape index (κ3) is 4.15. The fraction of sp³-hybridized carbons (Fsp3) is 0.900. The summed E-state index contributed by atoms with van der Waals surface area (Å²) in [6, 6.07) is 0. The lowest BCUT2D eigenvalue weighted by atomic mass is 10.3. The average Bonchev–Trinajstić information content (AvgIpc) is 2.22. The molecule has 0 atom stereocenters. The Morgan fingerprint density at radius 1 is 1.33 bits per heavy atom. The molecule has 1 rings (SSSR count). The van der Waals surface area contributed by atoms with Crippen LogP contribution in [-0.4, -0.2) is 80.5 Å². The van der Waals surface area contributed by atoms with Crippen molar-refractivity contribution in [3.63, 3.8) is 0 Å². The van der Waals surface area contributed by atoms with Crippen molar-refractivity contribution < 1.29 is 4.79 Å². The third-order valence-corrected chi connectivity index (χ3v) is 2.85. The van der Waals surface area contributed by atoms with Crippen LogP contribution in [-0.2, 0) is 4.79 Å². The van der Waals surface area contributed by atoms with Gasteiger partial charge in [-0.3, -0.25) is 9.69 Å². The van der Waals surface area contributed by atoms with Gasteiger partial charge in [-0.2, -0.15) is 0 Å². The summed E-state index contributed by atoms with van der Waals surface area (Å²) in [5, 5.41) is 0. The van der Waals surface area contributed by atoms with Crippen molar-refractivity contribution in [3.8, 4) is 0 Å². The zero-order valence-corrected chi connectivity index (χ0v) is 9.78. The second-order valence-corrected chi connectivity index (χ2v) is 4.18. The van der Waals surface area contributed by atoms with Crippen LogP contribution in [0.3, 0.4) is 0 Å². The molecule has 0 radical (unpaired) electrons. The molecule has 0 spiro atoms. The Kier molecular flexibility index (Phi) is 5.01. The van der Waals surface area contributed by atoms with E-state index in [1.807, 2.05) is 7.05 Å². The first kappa shape index (κ1) is 12.4. The maximum absolute atomic E-state index is 11.7. The van der Waals surface area contributed by atoms with Crippen molar-refractivity contribution in [1.29, 1.82) is 0 Å². The van der Waals surface area contributed by atoms with Gasteiger partial charge < -0.3 is 15.5 Å². The molecule has 0 aromatic heterocycles. The Morgan fingerprint density at radius 3 is 2.47 bits per heavy atom. The van der Waals surface area contributed by atoms with Crippen LogP contribution in [0.15, 0.2) is 0 Å². The van der Waals surface area contributed by atoms with Crippen LogP contribution in [0, 0.1) is 0 Å². The normalized spacial score (nSPS) is 19.1. The lowest BCUT2D eigenvalue weighted by Crippen LogP contribution is -2.48. The van der Waals surface area contributed by atoms with E-state index in [9.17, 15) is 4.79 Å². The van der Waals surface area contributed by atoms with Crippen molar-refractivity contribution >= 4 is 5.91 Å². The van der Waals surface area contributed by atoms with Crippen LogP contribution >= 0.6 is 0 Å². The molecular weight excluding hydrogens is 192 g/mol. The van der Waals surface area contributed by atoms with E-state index in [2.05, 4.69) is 16.8 Å². The summed E-state index contributed by atoms with van der Waals surface area (Å²) in [5.74, 6) is 0.171. The Morgan fingerprint density at radius 2 is 1.93 bits per heavy atom. The minimum Gasteiger partial charge on any atom is -0.343 e. The van der Waals surface area contributed by atoms with Crippen molar-refractivity contribution in [2.24, 2.45) is 5.73 Å². The molecule has 88 valence electrons. The highest BCUT2D eigenvalue weighted by Gasteiger charge is 2.17. The lowest BCUT2D eigenvalue weighted by Gasteiger charge is -2.32. The Balaban J connectivity index is 2.25. The number of hydrogen-bond acceptors (Lipinski definition) is 4. The molecule has 5 heteroatoms. The van der Waals surface area contributed by atoms with Crippen LogP contribution in [0.4, 0.5) is 0 Å². The molecule has 1 saturated heterocycles. The molecule has 2 N–H and O–H groups in total. The van der Waals surface area contributed by atoms with Gasteiger partial charge in [0.15, 0.2) is 0 Å². The number of hydrogen-bond donors (Lipinski definition) is 1. The minimum atomic E-state index is 0.171. The van der Waals surface area contributed by atoms with Gasteiger partial charge in [0.1, 0.15) is 0 Å².